The van der Waals surface area contributed by atoms with Crippen LogP contribution in [0.5, 0.6) is 0 Å². The maximum absolute atomic E-state index is 9.32. The predicted molar refractivity (Wildman–Crippen MR) is 92.3 cm³/mol. The van der Waals surface area contributed by atoms with Crippen molar-refractivity contribution in [1.82, 2.24) is 4.90 Å². The summed E-state index contributed by atoms with van der Waals surface area (Å²) in [6, 6.07) is 13.0. The van der Waals surface area contributed by atoms with Gasteiger partial charge < -0.3 is 4.90 Å². The molecule has 0 bridgehead atoms. The van der Waals surface area contributed by atoms with Crippen molar-refractivity contribution in [3.05, 3.63) is 58.8 Å². The van der Waals surface area contributed by atoms with Gasteiger partial charge in [0.25, 0.3) is 0 Å². The Balaban J connectivity index is 0.000000847. The summed E-state index contributed by atoms with van der Waals surface area (Å²) in [5.41, 5.74) is 4.96. The molecule has 0 N–H and O–H groups in total. The molecule has 22 heavy (non-hydrogen) atoms. The van der Waals surface area contributed by atoms with Crippen molar-refractivity contribution in [2.24, 2.45) is 0 Å². The number of nitrogens with zero attached hydrogens (tertiary/aromatic N) is 2. The summed E-state index contributed by atoms with van der Waals surface area (Å²) in [5.74, 6) is 0. The highest BCUT2D eigenvalue weighted by molar-refractivity contribution is 5.47. The van der Waals surface area contributed by atoms with Crippen molar-refractivity contribution in [3.63, 3.8) is 0 Å². The van der Waals surface area contributed by atoms with E-state index in [1.165, 1.54) is 29.7 Å². The Morgan fingerprint density at radius 1 is 1.05 bits per heavy atom. The third kappa shape index (κ3) is 4.01. The van der Waals surface area contributed by atoms with Crippen molar-refractivity contribution in [2.45, 2.75) is 46.0 Å². The van der Waals surface area contributed by atoms with Crippen LogP contribution in [0.2, 0.25) is 0 Å². The number of nitriles is 1. The summed E-state index contributed by atoms with van der Waals surface area (Å²) >= 11 is 0. The Morgan fingerprint density at radius 3 is 2.36 bits per heavy atom. The molecule has 1 aromatic rings. The maximum atomic E-state index is 9.32. The van der Waals surface area contributed by atoms with Crippen LogP contribution in [0.3, 0.4) is 0 Å². The molecular weight excluding hydrogens is 268 g/mol. The molecule has 2 nitrogen and oxygen atoms in total. The van der Waals surface area contributed by atoms with Crippen LogP contribution in [0.1, 0.15) is 45.1 Å². The summed E-state index contributed by atoms with van der Waals surface area (Å²) in [6.07, 6.45) is 7.76. The van der Waals surface area contributed by atoms with Crippen LogP contribution in [0.4, 0.5) is 0 Å². The number of benzene rings is 1. The SMILES string of the molecule is CC.N#CC1=C(N2CCCC2)CC(CCc2ccccc2)=C1. The second kappa shape index (κ2) is 8.44. The van der Waals surface area contributed by atoms with Crippen molar-refractivity contribution in [3.8, 4) is 6.07 Å². The molecule has 0 radical (unpaired) electrons. The van der Waals surface area contributed by atoms with Crippen molar-refractivity contribution in [2.75, 3.05) is 13.1 Å². The summed E-state index contributed by atoms with van der Waals surface area (Å²) in [6.45, 7) is 6.25. The number of hydrogen-bond acceptors (Lipinski definition) is 2. The zero-order valence-corrected chi connectivity index (χ0v) is 13.8. The van der Waals surface area contributed by atoms with Crippen LogP contribution in [-0.4, -0.2) is 18.0 Å². The van der Waals surface area contributed by atoms with Crippen LogP contribution >= 0.6 is 0 Å². The van der Waals surface area contributed by atoms with Crippen molar-refractivity contribution >= 4 is 0 Å². The normalized spacial score (nSPS) is 17.0. The van der Waals surface area contributed by atoms with Crippen LogP contribution in [0.15, 0.2) is 53.3 Å². The molecule has 0 spiro atoms. The summed E-state index contributed by atoms with van der Waals surface area (Å²) in [5, 5.41) is 9.32. The molecule has 1 aromatic carbocycles. The molecule has 0 unspecified atom stereocenters. The van der Waals surface area contributed by atoms with E-state index in [0.29, 0.717) is 0 Å². The lowest BCUT2D eigenvalue weighted by Gasteiger charge is -2.20. The van der Waals surface area contributed by atoms with Gasteiger partial charge in [-0.15, -0.1) is 0 Å². The zero-order chi connectivity index (χ0) is 15.8. The maximum Gasteiger partial charge on any atom is 0.101 e. The first-order valence-electron chi connectivity index (χ1n) is 8.48. The quantitative estimate of drug-likeness (QED) is 0.793. The summed E-state index contributed by atoms with van der Waals surface area (Å²) in [4.78, 5) is 2.41. The van der Waals surface area contributed by atoms with Gasteiger partial charge in [-0.05, 0) is 37.3 Å². The van der Waals surface area contributed by atoms with Gasteiger partial charge in [0.15, 0.2) is 0 Å². The van der Waals surface area contributed by atoms with Crippen LogP contribution in [0.25, 0.3) is 0 Å². The highest BCUT2D eigenvalue weighted by Gasteiger charge is 2.23. The lowest BCUT2D eigenvalue weighted by molar-refractivity contribution is 0.416. The number of hydrogen-bond donors (Lipinski definition) is 0. The molecule has 2 aliphatic rings. The van der Waals surface area contributed by atoms with Gasteiger partial charge >= 0.3 is 0 Å². The second-order valence-electron chi connectivity index (χ2n) is 5.63. The molecular formula is C20H26N2. The highest BCUT2D eigenvalue weighted by atomic mass is 15.2. The first-order chi connectivity index (χ1) is 10.9. The minimum absolute atomic E-state index is 0.898. The molecule has 1 heterocycles. The van der Waals surface area contributed by atoms with Gasteiger partial charge in [-0.25, -0.2) is 0 Å². The van der Waals surface area contributed by atoms with E-state index in [1.54, 1.807) is 0 Å². The number of aryl methyl sites for hydroxylation is 1. The molecule has 0 aromatic heterocycles. The first kappa shape index (κ1) is 16.4. The number of rotatable bonds is 4. The van der Waals surface area contributed by atoms with E-state index in [9.17, 15) is 5.26 Å². The summed E-state index contributed by atoms with van der Waals surface area (Å²) in [7, 11) is 0. The van der Waals surface area contributed by atoms with Crippen LogP contribution in [-0.2, 0) is 6.42 Å². The Labute approximate surface area is 134 Å². The molecule has 0 amide bonds. The fraction of sp³-hybridized carbons (Fsp3) is 0.450. The lowest BCUT2D eigenvalue weighted by Crippen LogP contribution is -2.18. The Bertz CT molecular complexity index is 569. The molecule has 0 saturated carbocycles. The topological polar surface area (TPSA) is 27.0 Å². The molecule has 1 fully saturated rings. The third-order valence-electron chi connectivity index (χ3n) is 4.24. The fourth-order valence-corrected chi connectivity index (χ4v) is 3.12. The minimum Gasteiger partial charge on any atom is -0.373 e. The minimum atomic E-state index is 0.898. The fourth-order valence-electron chi connectivity index (χ4n) is 3.12. The molecule has 0 atom stereocenters. The van der Waals surface area contributed by atoms with Gasteiger partial charge in [0.05, 0.1) is 5.57 Å². The van der Waals surface area contributed by atoms with Crippen molar-refractivity contribution < 1.29 is 0 Å². The van der Waals surface area contributed by atoms with E-state index in [4.69, 9.17) is 0 Å². The Morgan fingerprint density at radius 2 is 1.73 bits per heavy atom. The van der Waals surface area contributed by atoms with E-state index < -0.39 is 0 Å². The molecule has 2 heteroatoms. The average Bonchev–Trinajstić information content (AvgIpc) is 3.25. The van der Waals surface area contributed by atoms with Gasteiger partial charge in [-0.2, -0.15) is 5.26 Å². The standard InChI is InChI=1S/C18H20N2.C2H6/c19-14-17-12-16(9-8-15-6-2-1-3-7-15)13-18(17)20-10-4-5-11-20;1-2/h1-3,6-7,12H,4-5,8-11,13H2;1-2H3. The third-order valence-corrected chi connectivity index (χ3v) is 4.24. The average molecular weight is 294 g/mol. The summed E-state index contributed by atoms with van der Waals surface area (Å²) < 4.78 is 0. The number of allylic oxidation sites excluding steroid dienone is 3. The van der Waals surface area contributed by atoms with E-state index in [2.05, 4.69) is 47.4 Å². The predicted octanol–water partition coefficient (Wildman–Crippen LogP) is 4.85. The van der Waals surface area contributed by atoms with E-state index in [-0.39, 0.29) is 0 Å². The van der Waals surface area contributed by atoms with E-state index >= 15 is 0 Å². The smallest absolute Gasteiger partial charge is 0.101 e. The first-order valence-corrected chi connectivity index (χ1v) is 8.48. The van der Waals surface area contributed by atoms with E-state index in [1.807, 2.05) is 13.8 Å². The largest absolute Gasteiger partial charge is 0.373 e. The monoisotopic (exact) mass is 294 g/mol. The van der Waals surface area contributed by atoms with Crippen LogP contribution < -0.4 is 0 Å². The van der Waals surface area contributed by atoms with Gasteiger partial charge in [0.1, 0.15) is 6.07 Å². The lowest BCUT2D eigenvalue weighted by atomic mass is 10.0. The van der Waals surface area contributed by atoms with Gasteiger partial charge in [0, 0.05) is 25.2 Å². The molecule has 1 aliphatic heterocycles. The Hall–Kier alpha value is -2.01. The zero-order valence-electron chi connectivity index (χ0n) is 13.8. The van der Waals surface area contributed by atoms with Crippen molar-refractivity contribution in [1.29, 1.82) is 5.26 Å². The van der Waals surface area contributed by atoms with Gasteiger partial charge in [0.2, 0.25) is 0 Å². The molecule has 116 valence electrons. The van der Waals surface area contributed by atoms with Crippen LogP contribution in [0, 0.1) is 11.3 Å². The van der Waals surface area contributed by atoms with E-state index in [0.717, 1.165) is 37.9 Å². The Kier molecular flexibility index (Phi) is 6.27. The highest BCUT2D eigenvalue weighted by Crippen LogP contribution is 2.32. The second-order valence-corrected chi connectivity index (χ2v) is 5.63. The number of likely N-dealkylation sites (tertiary alicyclic amines) is 1. The molecule has 1 saturated heterocycles. The van der Waals surface area contributed by atoms with Gasteiger partial charge in [-0.3, -0.25) is 0 Å². The molecule has 3 rings (SSSR count). The molecule has 1 aliphatic carbocycles. The van der Waals surface area contributed by atoms with Gasteiger partial charge in [-0.1, -0.05) is 49.8 Å².